The Morgan fingerprint density at radius 2 is 1.60 bits per heavy atom. The van der Waals surface area contributed by atoms with E-state index >= 15 is 0 Å². The lowest BCUT2D eigenvalue weighted by molar-refractivity contribution is -0.138. The zero-order valence-corrected chi connectivity index (χ0v) is 14.4. The van der Waals surface area contributed by atoms with Gasteiger partial charge in [-0.05, 0) is 30.7 Å². The quantitative estimate of drug-likeness (QED) is 0.753. The van der Waals surface area contributed by atoms with Gasteiger partial charge in [0.05, 0.1) is 10.5 Å². The Balaban J connectivity index is 2.31. The van der Waals surface area contributed by atoms with Crippen molar-refractivity contribution >= 4 is 15.8 Å². The third-order valence-corrected chi connectivity index (χ3v) is 5.50. The fourth-order valence-electron chi connectivity index (χ4n) is 2.30. The molecule has 2 aromatic carbocycles. The number of sulfonamides is 1. The summed E-state index contributed by atoms with van der Waals surface area (Å²) < 4.78 is 65.0. The molecular formula is C17H16F3NO3S. The number of hydrogen-bond acceptors (Lipinski definition) is 3. The second-order valence-corrected chi connectivity index (χ2v) is 7.54. The van der Waals surface area contributed by atoms with Gasteiger partial charge in [0.1, 0.15) is 0 Å². The smallest absolute Gasteiger partial charge is 0.295 e. The third kappa shape index (κ3) is 4.26. The standard InChI is InChI=1S/C17H16F3NO3S/c1-12(22)13-7-9-15(10-8-13)25(23,24)21(2)11-14-5-3-4-6-16(14)17(18,19)20/h3-10H,11H2,1-2H3. The van der Waals surface area contributed by atoms with Gasteiger partial charge in [0.15, 0.2) is 5.78 Å². The van der Waals surface area contributed by atoms with Crippen molar-refractivity contribution < 1.29 is 26.4 Å². The Labute approximate surface area is 143 Å². The fraction of sp³-hybridized carbons (Fsp3) is 0.235. The molecule has 4 nitrogen and oxygen atoms in total. The number of Topliss-reactive ketones (excluding diaryl/α,β-unsaturated/α-hetero) is 1. The topological polar surface area (TPSA) is 54.5 Å². The monoisotopic (exact) mass is 371 g/mol. The number of alkyl halides is 3. The van der Waals surface area contributed by atoms with E-state index < -0.39 is 28.3 Å². The minimum atomic E-state index is -4.57. The number of benzene rings is 2. The van der Waals surface area contributed by atoms with Gasteiger partial charge in [-0.3, -0.25) is 4.79 Å². The van der Waals surface area contributed by atoms with Crippen LogP contribution < -0.4 is 0 Å². The molecule has 0 N–H and O–H groups in total. The van der Waals surface area contributed by atoms with Gasteiger partial charge < -0.3 is 0 Å². The molecule has 0 saturated heterocycles. The maximum absolute atomic E-state index is 13.0. The summed E-state index contributed by atoms with van der Waals surface area (Å²) in [5, 5.41) is 0. The summed E-state index contributed by atoms with van der Waals surface area (Å²) in [6.07, 6.45) is -4.57. The van der Waals surface area contributed by atoms with E-state index in [-0.39, 0.29) is 16.2 Å². The zero-order valence-electron chi connectivity index (χ0n) is 13.5. The van der Waals surface area contributed by atoms with Crippen molar-refractivity contribution in [3.05, 3.63) is 65.2 Å². The molecule has 134 valence electrons. The Hall–Kier alpha value is -2.19. The Kier molecular flexibility index (Phi) is 5.34. The number of nitrogens with zero attached hydrogens (tertiary/aromatic N) is 1. The fourth-order valence-corrected chi connectivity index (χ4v) is 3.45. The van der Waals surface area contributed by atoms with Crippen LogP contribution in [0.15, 0.2) is 53.4 Å². The van der Waals surface area contributed by atoms with E-state index in [1.165, 1.54) is 56.4 Å². The van der Waals surface area contributed by atoms with Gasteiger partial charge in [0.2, 0.25) is 10.0 Å². The summed E-state index contributed by atoms with van der Waals surface area (Å²) in [5.74, 6) is -0.212. The first-order valence-corrected chi connectivity index (χ1v) is 8.70. The number of ketones is 1. The van der Waals surface area contributed by atoms with Crippen molar-refractivity contribution in [2.75, 3.05) is 7.05 Å². The molecule has 2 rings (SSSR count). The normalized spacial score (nSPS) is 12.4. The van der Waals surface area contributed by atoms with Crippen LogP contribution >= 0.6 is 0 Å². The van der Waals surface area contributed by atoms with Gasteiger partial charge in [0, 0.05) is 19.2 Å². The summed E-state index contributed by atoms with van der Waals surface area (Å²) in [4.78, 5) is 11.2. The molecule has 0 aromatic heterocycles. The molecule has 0 aliphatic rings. The Morgan fingerprint density at radius 3 is 2.12 bits per heavy atom. The van der Waals surface area contributed by atoms with Gasteiger partial charge >= 0.3 is 6.18 Å². The summed E-state index contributed by atoms with van der Waals surface area (Å²) in [5.41, 5.74) is -0.658. The molecule has 0 radical (unpaired) electrons. The van der Waals surface area contributed by atoms with Gasteiger partial charge in [-0.2, -0.15) is 17.5 Å². The van der Waals surface area contributed by atoms with Crippen LogP contribution in [0.5, 0.6) is 0 Å². The van der Waals surface area contributed by atoms with Gasteiger partial charge in [-0.25, -0.2) is 8.42 Å². The lowest BCUT2D eigenvalue weighted by atomic mass is 10.1. The van der Waals surface area contributed by atoms with Gasteiger partial charge in [-0.1, -0.05) is 30.3 Å². The largest absolute Gasteiger partial charge is 0.416 e. The first-order chi connectivity index (χ1) is 11.5. The molecule has 2 aromatic rings. The van der Waals surface area contributed by atoms with E-state index in [1.807, 2.05) is 0 Å². The summed E-state index contributed by atoms with van der Waals surface area (Å²) in [6, 6.07) is 10.1. The van der Waals surface area contributed by atoms with E-state index in [1.54, 1.807) is 0 Å². The van der Waals surface area contributed by atoms with Crippen LogP contribution in [0, 0.1) is 0 Å². The zero-order chi connectivity index (χ0) is 18.8. The minimum Gasteiger partial charge on any atom is -0.295 e. The first-order valence-electron chi connectivity index (χ1n) is 7.26. The molecule has 0 heterocycles. The number of carbonyl (C=O) groups excluding carboxylic acids is 1. The Morgan fingerprint density at radius 1 is 1.04 bits per heavy atom. The molecule has 0 unspecified atom stereocenters. The third-order valence-electron chi connectivity index (χ3n) is 3.68. The van der Waals surface area contributed by atoms with Gasteiger partial charge in [-0.15, -0.1) is 0 Å². The predicted molar refractivity (Wildman–Crippen MR) is 86.5 cm³/mol. The molecule has 0 aliphatic carbocycles. The van der Waals surface area contributed by atoms with Crippen LogP contribution in [-0.2, 0) is 22.7 Å². The Bertz CT molecular complexity index is 875. The highest BCUT2D eigenvalue weighted by Crippen LogP contribution is 2.32. The molecule has 25 heavy (non-hydrogen) atoms. The van der Waals surface area contributed by atoms with E-state index in [2.05, 4.69) is 0 Å². The highest BCUT2D eigenvalue weighted by atomic mass is 32.2. The number of carbonyl (C=O) groups is 1. The average Bonchev–Trinajstić information content (AvgIpc) is 2.54. The number of rotatable bonds is 5. The van der Waals surface area contributed by atoms with Crippen LogP contribution in [0.1, 0.15) is 28.4 Å². The van der Waals surface area contributed by atoms with Crippen molar-refractivity contribution in [3.63, 3.8) is 0 Å². The maximum atomic E-state index is 13.0. The average molecular weight is 371 g/mol. The highest BCUT2D eigenvalue weighted by molar-refractivity contribution is 7.89. The summed E-state index contributed by atoms with van der Waals surface area (Å²) in [7, 11) is -2.78. The summed E-state index contributed by atoms with van der Waals surface area (Å²) in [6.45, 7) is 0.927. The van der Waals surface area contributed by atoms with Crippen LogP contribution in [0.25, 0.3) is 0 Å². The lowest BCUT2D eigenvalue weighted by Gasteiger charge is -2.20. The predicted octanol–water partition coefficient (Wildman–Crippen LogP) is 3.73. The summed E-state index contributed by atoms with van der Waals surface area (Å²) >= 11 is 0. The minimum absolute atomic E-state index is 0.0931. The lowest BCUT2D eigenvalue weighted by Crippen LogP contribution is -2.27. The molecule has 0 amide bonds. The molecule has 0 aliphatic heterocycles. The van der Waals surface area contributed by atoms with Crippen LogP contribution in [0.2, 0.25) is 0 Å². The van der Waals surface area contributed by atoms with Crippen LogP contribution in [-0.4, -0.2) is 25.6 Å². The van der Waals surface area contributed by atoms with E-state index in [0.29, 0.717) is 5.56 Å². The molecule has 0 spiro atoms. The second kappa shape index (κ2) is 6.97. The maximum Gasteiger partial charge on any atom is 0.416 e. The van der Waals surface area contributed by atoms with Crippen molar-refractivity contribution in [3.8, 4) is 0 Å². The van der Waals surface area contributed by atoms with Crippen LogP contribution in [0.3, 0.4) is 0 Å². The van der Waals surface area contributed by atoms with Crippen molar-refractivity contribution in [1.82, 2.24) is 4.31 Å². The van der Waals surface area contributed by atoms with E-state index in [9.17, 15) is 26.4 Å². The SMILES string of the molecule is CC(=O)c1ccc(S(=O)(=O)N(C)Cc2ccccc2C(F)(F)F)cc1. The molecule has 8 heteroatoms. The molecular weight excluding hydrogens is 355 g/mol. The van der Waals surface area contributed by atoms with E-state index in [4.69, 9.17) is 0 Å². The number of halogens is 3. The highest BCUT2D eigenvalue weighted by Gasteiger charge is 2.34. The van der Waals surface area contributed by atoms with Crippen molar-refractivity contribution in [2.45, 2.75) is 24.5 Å². The molecule has 0 fully saturated rings. The second-order valence-electron chi connectivity index (χ2n) is 5.50. The van der Waals surface area contributed by atoms with Crippen LogP contribution in [0.4, 0.5) is 13.2 Å². The molecule has 0 atom stereocenters. The van der Waals surface area contributed by atoms with Crippen molar-refractivity contribution in [2.24, 2.45) is 0 Å². The molecule has 0 bridgehead atoms. The van der Waals surface area contributed by atoms with Crippen molar-refractivity contribution in [1.29, 1.82) is 0 Å². The van der Waals surface area contributed by atoms with E-state index in [0.717, 1.165) is 10.4 Å². The first kappa shape index (κ1) is 19.1. The van der Waals surface area contributed by atoms with Gasteiger partial charge in [0.25, 0.3) is 0 Å². The molecule has 0 saturated carbocycles. The number of hydrogen-bond donors (Lipinski definition) is 0.